The number of benzene rings is 2. The Hall–Kier alpha value is -4.62. The van der Waals surface area contributed by atoms with E-state index in [2.05, 4.69) is 23.7 Å². The fourth-order valence-electron chi connectivity index (χ4n) is 2.16. The van der Waals surface area contributed by atoms with Gasteiger partial charge >= 0.3 is 11.9 Å². The summed E-state index contributed by atoms with van der Waals surface area (Å²) in [5.74, 6) is -5.80. The molecule has 0 aliphatic heterocycles. The Morgan fingerprint density at radius 2 is 1.15 bits per heavy atom. The van der Waals surface area contributed by atoms with Gasteiger partial charge in [-0.15, -0.1) is 0 Å². The summed E-state index contributed by atoms with van der Waals surface area (Å²) in [6.45, 7) is 0. The highest BCUT2D eigenvalue weighted by atomic mass is 16.6. The van der Waals surface area contributed by atoms with Crippen LogP contribution in [0.2, 0.25) is 0 Å². The smallest absolute Gasteiger partial charge is 0.345 e. The molecule has 0 heterocycles. The minimum atomic E-state index is -3.05. The number of carbonyl (C=O) groups excluding carboxylic acids is 1. The van der Waals surface area contributed by atoms with Gasteiger partial charge in [0.15, 0.2) is 23.0 Å². The monoisotopic (exact) mass is 480 g/mol. The van der Waals surface area contributed by atoms with Crippen molar-refractivity contribution >= 4 is 23.3 Å². The Morgan fingerprint density at radius 3 is 1.48 bits per heavy atom. The predicted molar refractivity (Wildman–Crippen MR) is 111 cm³/mol. The van der Waals surface area contributed by atoms with Gasteiger partial charge in [-0.1, -0.05) is 0 Å². The number of aromatic carboxylic acids is 1. The molecule has 0 saturated carbocycles. The summed E-state index contributed by atoms with van der Waals surface area (Å²) < 4.78 is 106. The molecule has 0 atom stereocenters. The lowest BCUT2D eigenvalue weighted by Crippen LogP contribution is -2.07. The van der Waals surface area contributed by atoms with E-state index in [0.29, 0.717) is 24.3 Å². The topological polar surface area (TPSA) is 187 Å². The Bertz CT molecular complexity index is 1400. The fourth-order valence-corrected chi connectivity index (χ4v) is 2.16. The maximum Gasteiger partial charge on any atom is 0.345 e. The number of carbonyl (C=O) groups is 2. The second-order valence-electron chi connectivity index (χ2n) is 5.35. The molecule has 0 bridgehead atoms. The van der Waals surface area contributed by atoms with Gasteiger partial charge in [0.1, 0.15) is 11.1 Å². The van der Waals surface area contributed by atoms with Gasteiger partial charge in [-0.25, -0.2) is 9.59 Å². The number of nitro groups is 2. The van der Waals surface area contributed by atoms with Crippen molar-refractivity contribution in [2.75, 3.05) is 35.3 Å². The molecule has 0 unspecified atom stereocenters. The molecule has 178 valence electrons. The van der Waals surface area contributed by atoms with Gasteiger partial charge in [0, 0.05) is 12.1 Å². The van der Waals surface area contributed by atoms with Crippen LogP contribution in [0.15, 0.2) is 24.3 Å². The fraction of sp³-hybridized carbons (Fsp3) is 0.263. The second-order valence-corrected chi connectivity index (χ2v) is 5.35. The van der Waals surface area contributed by atoms with Crippen molar-refractivity contribution in [1.29, 1.82) is 0 Å². The zero-order valence-corrected chi connectivity index (χ0v) is 16.1. The van der Waals surface area contributed by atoms with Gasteiger partial charge in [0.05, 0.1) is 73.7 Å². The molecule has 0 radical (unpaired) electrons. The number of carboxylic acids is 1. The lowest BCUT2D eigenvalue weighted by molar-refractivity contribution is -0.385. The Labute approximate surface area is 203 Å². The number of nitrogens with zero attached hydrogens (tertiary/aromatic N) is 2. The molecular weight excluding hydrogens is 448 g/mol. The highest BCUT2D eigenvalue weighted by Crippen LogP contribution is 2.35. The third kappa shape index (κ3) is 6.19. The maximum absolute atomic E-state index is 11.6. The highest BCUT2D eigenvalue weighted by Gasteiger charge is 2.25. The van der Waals surface area contributed by atoms with Crippen LogP contribution in [-0.4, -0.2) is 62.2 Å². The average molecular weight is 480 g/mol. The Balaban J connectivity index is 0.000000450. The third-order valence-electron chi connectivity index (χ3n) is 3.59. The Kier molecular flexibility index (Phi) is 4.62. The largest absolute Gasteiger partial charge is 0.493 e. The molecule has 0 amide bonds. The molecule has 1 N–H and O–H groups in total. The van der Waals surface area contributed by atoms with Crippen molar-refractivity contribution in [2.24, 2.45) is 0 Å². The number of hydrogen-bond donors (Lipinski definition) is 1. The normalized spacial score (nSPS) is 16.5. The number of methoxy groups -OCH3 is 5. The van der Waals surface area contributed by atoms with Crippen LogP contribution in [0.1, 0.15) is 37.2 Å². The molecule has 0 fully saturated rings. The van der Waals surface area contributed by atoms with Crippen LogP contribution < -0.4 is 18.9 Å². The van der Waals surface area contributed by atoms with Crippen molar-refractivity contribution in [3.63, 3.8) is 0 Å². The van der Waals surface area contributed by atoms with E-state index in [1.165, 1.54) is 0 Å². The van der Waals surface area contributed by atoms with Crippen molar-refractivity contribution in [3.05, 3.63) is 55.6 Å². The van der Waals surface area contributed by atoms with Gasteiger partial charge < -0.3 is 28.8 Å². The van der Waals surface area contributed by atoms with E-state index < -0.39 is 95.4 Å². The number of rotatable bonds is 8. The lowest BCUT2D eigenvalue weighted by atomic mass is 10.1. The molecule has 2 aromatic carbocycles. The first-order chi connectivity index (χ1) is 20.1. The quantitative estimate of drug-likeness (QED) is 0.331. The zero-order chi connectivity index (χ0) is 35.3. The van der Waals surface area contributed by atoms with E-state index in [1.54, 1.807) is 0 Å². The molecule has 0 aliphatic carbocycles. The molecule has 2 aromatic rings. The average Bonchev–Trinajstić information content (AvgIpc) is 2.81. The minimum absolute atomic E-state index is 0.483. The number of nitro benzene ring substituents is 2. The molecule has 0 aliphatic rings. The van der Waals surface area contributed by atoms with Crippen LogP contribution in [0.4, 0.5) is 11.4 Å². The summed E-state index contributed by atoms with van der Waals surface area (Å²) in [5.41, 5.74) is -3.28. The van der Waals surface area contributed by atoms with Crippen LogP contribution in [-0.2, 0) is 4.74 Å². The SMILES string of the molecule is [2H]C([2H])([2H])Oc1cc(C(=O)O)c([N+](=O)[O-])cc1OC([2H])([2H])[2H].[2H]C([2H])([2H])Oc1cc(C(=O)OC)c([N+](=O)[O-])cc1OC([2H])([2H])[2H]. The minimum Gasteiger partial charge on any atom is -0.493 e. The number of esters is 1. The van der Waals surface area contributed by atoms with Gasteiger partial charge in [0.25, 0.3) is 11.4 Å². The van der Waals surface area contributed by atoms with Gasteiger partial charge in [-0.3, -0.25) is 20.2 Å². The van der Waals surface area contributed by atoms with Crippen molar-refractivity contribution in [1.82, 2.24) is 0 Å². The van der Waals surface area contributed by atoms with Crippen LogP contribution >= 0.6 is 0 Å². The molecular formula is C19H20N2O12. The van der Waals surface area contributed by atoms with E-state index >= 15 is 0 Å². The van der Waals surface area contributed by atoms with Crippen molar-refractivity contribution < 1.29 is 64.7 Å². The first-order valence-corrected chi connectivity index (χ1v) is 7.86. The lowest BCUT2D eigenvalue weighted by Gasteiger charge is -2.09. The summed E-state index contributed by atoms with van der Waals surface area (Å²) >= 11 is 0. The first kappa shape index (κ1) is 13.0. The Morgan fingerprint density at radius 1 is 0.788 bits per heavy atom. The second kappa shape index (κ2) is 11.7. The van der Waals surface area contributed by atoms with Crippen molar-refractivity contribution in [3.8, 4) is 23.0 Å². The summed E-state index contributed by atoms with van der Waals surface area (Å²) in [6.07, 6.45) is 0. The van der Waals surface area contributed by atoms with E-state index in [9.17, 15) is 29.8 Å². The first-order valence-electron chi connectivity index (χ1n) is 13.9. The summed E-state index contributed by atoms with van der Waals surface area (Å²) in [4.78, 5) is 42.4. The molecule has 14 heteroatoms. The van der Waals surface area contributed by atoms with Crippen LogP contribution in [0.3, 0.4) is 0 Å². The molecule has 33 heavy (non-hydrogen) atoms. The van der Waals surface area contributed by atoms with Gasteiger partial charge in [0.2, 0.25) is 0 Å². The van der Waals surface area contributed by atoms with Gasteiger partial charge in [-0.05, 0) is 0 Å². The van der Waals surface area contributed by atoms with Gasteiger partial charge in [-0.2, -0.15) is 0 Å². The molecule has 0 saturated heterocycles. The van der Waals surface area contributed by atoms with E-state index in [4.69, 9.17) is 21.6 Å². The predicted octanol–water partition coefficient (Wildman–Crippen LogP) is 2.71. The summed E-state index contributed by atoms with van der Waals surface area (Å²) in [6, 6.07) is 2.27. The van der Waals surface area contributed by atoms with Crippen LogP contribution in [0, 0.1) is 20.2 Å². The summed E-state index contributed by atoms with van der Waals surface area (Å²) in [7, 11) is -11.2. The standard InChI is InChI=1S/C10H11NO6.C9H9NO6/c1-15-8-4-6(10(12)17-3)7(11(13)14)5-9(8)16-2;1-15-7-3-5(9(11)12)6(10(13)14)4-8(7)16-2/h4-5H,1-3H3;3-4H,1-2H3,(H,11,12)/i2*1D3,2D3. The number of ether oxygens (including phenoxy) is 5. The summed E-state index contributed by atoms with van der Waals surface area (Å²) in [5, 5.41) is 30.7. The third-order valence-corrected chi connectivity index (χ3v) is 3.59. The van der Waals surface area contributed by atoms with Crippen LogP contribution in [0.5, 0.6) is 23.0 Å². The maximum atomic E-state index is 11.6. The van der Waals surface area contributed by atoms with E-state index in [1.807, 2.05) is 0 Å². The van der Waals surface area contributed by atoms with Crippen molar-refractivity contribution in [2.45, 2.75) is 0 Å². The molecule has 14 nitrogen and oxygen atoms in total. The van der Waals surface area contributed by atoms with E-state index in [0.717, 1.165) is 7.11 Å². The van der Waals surface area contributed by atoms with E-state index in [-0.39, 0.29) is 0 Å². The molecule has 0 spiro atoms. The zero-order valence-electron chi connectivity index (χ0n) is 28.1. The number of carboxylic acid groups (broad SMARTS) is 1. The number of hydrogen-bond acceptors (Lipinski definition) is 11. The highest BCUT2D eigenvalue weighted by molar-refractivity contribution is 5.95. The van der Waals surface area contributed by atoms with Crippen LogP contribution in [0.25, 0.3) is 0 Å². The molecule has 2 rings (SSSR count). The molecule has 0 aromatic heterocycles.